The van der Waals surface area contributed by atoms with E-state index in [0.717, 1.165) is 22.2 Å². The summed E-state index contributed by atoms with van der Waals surface area (Å²) in [5.41, 5.74) is 0.612. The maximum atomic E-state index is 13.0. The predicted octanol–water partition coefficient (Wildman–Crippen LogP) is 1.44. The van der Waals surface area contributed by atoms with Crippen molar-refractivity contribution >= 4 is 45.9 Å². The fourth-order valence-electron chi connectivity index (χ4n) is 3.29. The Morgan fingerprint density at radius 2 is 2.13 bits per heavy atom. The summed E-state index contributed by atoms with van der Waals surface area (Å²) >= 11 is 2.37. The van der Waals surface area contributed by atoms with Crippen molar-refractivity contribution in [2.75, 3.05) is 18.5 Å². The van der Waals surface area contributed by atoms with Crippen LogP contribution in [0.25, 0.3) is 0 Å². The fraction of sp³-hybridized carbons (Fsp3) is 0.526. The van der Waals surface area contributed by atoms with E-state index in [2.05, 4.69) is 10.6 Å². The van der Waals surface area contributed by atoms with Crippen molar-refractivity contribution in [1.29, 1.82) is 0 Å². The van der Waals surface area contributed by atoms with Gasteiger partial charge in [-0.2, -0.15) is 0 Å². The number of H-pyrrole nitrogens is 1. The molecule has 31 heavy (non-hydrogen) atoms. The number of fused-ring (bicyclic) bond motifs is 1. The molecule has 3 rings (SSSR count). The third-order valence-electron chi connectivity index (χ3n) is 4.89. The molecule has 1 aliphatic heterocycles. The molecule has 1 unspecified atom stereocenters. The number of ether oxygens (including phenoxy) is 1. The second-order valence-corrected chi connectivity index (χ2v) is 9.26. The monoisotopic (exact) mass is 469 g/mol. The van der Waals surface area contributed by atoms with Crippen LogP contribution in [0.1, 0.15) is 48.0 Å². The molecule has 0 aromatic carbocycles. The van der Waals surface area contributed by atoms with Gasteiger partial charge in [0.15, 0.2) is 7.05 Å². The zero-order valence-electron chi connectivity index (χ0n) is 17.8. The number of aromatic nitrogens is 2. The lowest BCUT2D eigenvalue weighted by molar-refractivity contribution is -0.772. The number of rotatable bonds is 7. The van der Waals surface area contributed by atoms with Gasteiger partial charge in [0.05, 0.1) is 24.0 Å². The van der Waals surface area contributed by atoms with Crippen molar-refractivity contribution < 1.29 is 28.3 Å². The Labute approximate surface area is 186 Å². The van der Waals surface area contributed by atoms with Gasteiger partial charge >= 0.3 is 16.6 Å². The van der Waals surface area contributed by atoms with Crippen LogP contribution >= 0.6 is 23.1 Å². The fourth-order valence-corrected chi connectivity index (χ4v) is 5.48. The average Bonchev–Trinajstić information content (AvgIpc) is 3.24. The van der Waals surface area contributed by atoms with Gasteiger partial charge in [0.25, 0.3) is 0 Å². The Kier molecular flexibility index (Phi) is 7.21. The van der Waals surface area contributed by atoms with Gasteiger partial charge in [0.2, 0.25) is 11.8 Å². The molecule has 1 atom stereocenters. The molecule has 3 heterocycles. The number of aromatic amines is 1. The van der Waals surface area contributed by atoms with E-state index in [1.807, 2.05) is 6.92 Å². The van der Waals surface area contributed by atoms with Gasteiger partial charge in [-0.15, -0.1) is 11.3 Å². The lowest BCUT2D eigenvalue weighted by atomic mass is 10.0. The van der Waals surface area contributed by atoms with E-state index in [1.54, 1.807) is 18.9 Å². The molecule has 2 aromatic rings. The Bertz CT molecular complexity index is 1060. The predicted molar refractivity (Wildman–Crippen MR) is 114 cm³/mol. The van der Waals surface area contributed by atoms with Crippen molar-refractivity contribution in [3.8, 4) is 0 Å². The van der Waals surface area contributed by atoms with E-state index < -0.39 is 16.8 Å². The summed E-state index contributed by atoms with van der Waals surface area (Å²) in [6.07, 6.45) is 0.973. The highest BCUT2D eigenvalue weighted by atomic mass is 32.2. The molecule has 168 valence electrons. The van der Waals surface area contributed by atoms with Crippen molar-refractivity contribution in [2.45, 2.75) is 50.4 Å². The van der Waals surface area contributed by atoms with Crippen LogP contribution in [0.4, 0.5) is 5.00 Å². The Morgan fingerprint density at radius 3 is 2.71 bits per heavy atom. The number of thioether (sulfide) groups is 1. The van der Waals surface area contributed by atoms with Crippen LogP contribution in [-0.4, -0.2) is 46.4 Å². The third kappa shape index (κ3) is 4.85. The first-order chi connectivity index (χ1) is 14.8. The van der Waals surface area contributed by atoms with E-state index in [4.69, 9.17) is 9.26 Å². The molecule has 0 fully saturated rings. The van der Waals surface area contributed by atoms with Crippen LogP contribution in [0.2, 0.25) is 0 Å². The van der Waals surface area contributed by atoms with Gasteiger partial charge in [-0.3, -0.25) is 14.1 Å². The van der Waals surface area contributed by atoms with Crippen LogP contribution in [0.5, 0.6) is 0 Å². The lowest BCUT2D eigenvalue weighted by Gasteiger charge is -2.25. The van der Waals surface area contributed by atoms with E-state index in [0.29, 0.717) is 36.5 Å². The highest BCUT2D eigenvalue weighted by Gasteiger charge is 2.32. The molecule has 2 amide bonds. The highest BCUT2D eigenvalue weighted by molar-refractivity contribution is 8.00. The molecule has 0 saturated carbocycles. The summed E-state index contributed by atoms with van der Waals surface area (Å²) in [7, 11) is 1.62. The zero-order valence-corrected chi connectivity index (χ0v) is 19.4. The van der Waals surface area contributed by atoms with Crippen LogP contribution in [0.3, 0.4) is 0 Å². The average molecular weight is 470 g/mol. The first-order valence-corrected chi connectivity index (χ1v) is 11.6. The Morgan fingerprint density at radius 1 is 1.39 bits per heavy atom. The summed E-state index contributed by atoms with van der Waals surface area (Å²) in [5, 5.41) is 5.38. The number of esters is 1. The first-order valence-electron chi connectivity index (χ1n) is 9.88. The lowest BCUT2D eigenvalue weighted by Crippen LogP contribution is -2.36. The third-order valence-corrected chi connectivity index (χ3v) is 7.52. The number of nitrogens with zero attached hydrogens (tertiary/aromatic N) is 2. The number of thiophene rings is 1. The first kappa shape index (κ1) is 23.1. The largest absolute Gasteiger partial charge is 0.462 e. The minimum atomic E-state index is -0.576. The minimum Gasteiger partial charge on any atom is -0.462 e. The zero-order chi connectivity index (χ0) is 22.7. The minimum absolute atomic E-state index is 0.0389. The number of hydrogen-bond donors (Lipinski definition) is 2. The molecule has 10 nitrogen and oxygen atoms in total. The van der Waals surface area contributed by atoms with Crippen molar-refractivity contribution in [3.63, 3.8) is 0 Å². The molecular weight excluding hydrogens is 444 g/mol. The van der Waals surface area contributed by atoms with E-state index >= 15 is 0 Å². The smallest absolute Gasteiger partial charge is 0.441 e. The normalized spacial score (nSPS) is 14.1. The summed E-state index contributed by atoms with van der Waals surface area (Å²) in [5.74, 6) is -0.867. The van der Waals surface area contributed by atoms with Gasteiger partial charge < -0.3 is 15.0 Å². The van der Waals surface area contributed by atoms with Crippen molar-refractivity contribution in [2.24, 2.45) is 7.05 Å². The summed E-state index contributed by atoms with van der Waals surface area (Å²) in [4.78, 5) is 51.9. The number of aryl methyl sites for hydroxylation is 1. The van der Waals surface area contributed by atoms with Crippen molar-refractivity contribution in [1.82, 2.24) is 10.2 Å². The number of carbonyl (C=O) groups excluding carboxylic acids is 3. The number of amides is 2. The van der Waals surface area contributed by atoms with Gasteiger partial charge in [-0.1, -0.05) is 11.6 Å². The molecular formula is C19H25N4O6S2+. The number of carbonyl (C=O) groups is 3. The van der Waals surface area contributed by atoms with E-state index in [9.17, 15) is 19.2 Å². The summed E-state index contributed by atoms with van der Waals surface area (Å²) in [6, 6.07) is 0. The highest BCUT2D eigenvalue weighted by Crippen LogP contribution is 2.38. The molecule has 0 bridgehead atoms. The summed E-state index contributed by atoms with van der Waals surface area (Å²) < 4.78 is 11.4. The van der Waals surface area contributed by atoms with E-state index in [-0.39, 0.29) is 23.4 Å². The number of nitrogens with one attached hydrogen (secondary N) is 2. The molecule has 2 aromatic heterocycles. The summed E-state index contributed by atoms with van der Waals surface area (Å²) in [6.45, 7) is 6.17. The van der Waals surface area contributed by atoms with Crippen LogP contribution < -0.4 is 15.6 Å². The maximum Gasteiger partial charge on any atom is 0.441 e. The molecule has 12 heteroatoms. The molecule has 0 spiro atoms. The standard InChI is InChI=1S/C19H24N4O6S2/c1-5-12(31-17-19(27)29-21-22(17)4)15(25)20-16-14(18(26)28-6-2)11-7-8-23(10(3)24)9-13(11)30-16/h12H,5-9H2,1-4H3,(H-,20,21,25,26,27)/p+1. The maximum absolute atomic E-state index is 13.0. The second kappa shape index (κ2) is 9.69. The Balaban J connectivity index is 1.88. The molecule has 0 aliphatic carbocycles. The van der Waals surface area contributed by atoms with Crippen molar-refractivity contribution in [3.05, 3.63) is 26.4 Å². The van der Waals surface area contributed by atoms with Gasteiger partial charge in [0.1, 0.15) is 5.00 Å². The second-order valence-electron chi connectivity index (χ2n) is 6.97. The number of hydrogen-bond acceptors (Lipinski definition) is 8. The molecule has 1 aliphatic rings. The quantitative estimate of drug-likeness (QED) is 0.357. The topological polar surface area (TPSA) is 126 Å². The molecule has 0 saturated heterocycles. The van der Waals surface area contributed by atoms with Gasteiger partial charge in [-0.05, 0) is 42.4 Å². The van der Waals surface area contributed by atoms with Gasteiger partial charge in [0, 0.05) is 18.3 Å². The van der Waals surface area contributed by atoms with Crippen LogP contribution in [0, 0.1) is 0 Å². The SMILES string of the molecule is CCOC(=O)c1c(NC(=O)C(CC)Sc2c(=O)o[nH][n+]2C)sc2c1CCN(C(C)=O)C2. The number of anilines is 1. The van der Waals surface area contributed by atoms with Gasteiger partial charge in [-0.25, -0.2) is 9.59 Å². The molecule has 2 N–H and O–H groups in total. The van der Waals surface area contributed by atoms with E-state index in [1.165, 1.54) is 22.9 Å². The molecule has 0 radical (unpaired) electrons. The Hall–Kier alpha value is -2.60. The van der Waals surface area contributed by atoms with Crippen LogP contribution in [0.15, 0.2) is 14.3 Å². The van der Waals surface area contributed by atoms with Crippen LogP contribution in [-0.2, 0) is 34.3 Å².